The molecule has 112 valence electrons. The topological polar surface area (TPSA) is 58.9 Å². The molecule has 0 bridgehead atoms. The van der Waals surface area contributed by atoms with Crippen molar-refractivity contribution in [3.63, 3.8) is 0 Å². The van der Waals surface area contributed by atoms with Crippen LogP contribution in [0.5, 0.6) is 0 Å². The number of para-hydroxylation sites is 2. The van der Waals surface area contributed by atoms with E-state index in [-0.39, 0.29) is 12.5 Å². The van der Waals surface area contributed by atoms with E-state index in [1.165, 1.54) is 0 Å². The summed E-state index contributed by atoms with van der Waals surface area (Å²) in [6.45, 7) is 4.52. The molecule has 0 fully saturated rings. The van der Waals surface area contributed by atoms with E-state index in [2.05, 4.69) is 29.6 Å². The second-order valence-electron chi connectivity index (χ2n) is 4.96. The predicted molar refractivity (Wildman–Crippen MR) is 85.3 cm³/mol. The lowest BCUT2D eigenvalue weighted by Gasteiger charge is -2.19. The van der Waals surface area contributed by atoms with Crippen molar-refractivity contribution in [2.45, 2.75) is 39.3 Å². The van der Waals surface area contributed by atoms with E-state index in [1.807, 2.05) is 24.3 Å². The van der Waals surface area contributed by atoms with Crippen molar-refractivity contribution in [1.29, 1.82) is 0 Å². The maximum Gasteiger partial charge on any atom is 0.246 e. The highest BCUT2D eigenvalue weighted by atomic mass is 16.2. The first-order valence-electron chi connectivity index (χ1n) is 7.35. The van der Waals surface area contributed by atoms with Crippen molar-refractivity contribution < 1.29 is 4.79 Å². The van der Waals surface area contributed by atoms with Crippen LogP contribution in [0.4, 0.5) is 11.4 Å². The Morgan fingerprint density at radius 3 is 2.52 bits per heavy atom. The van der Waals surface area contributed by atoms with Gasteiger partial charge in [-0.15, -0.1) is 0 Å². The number of nitrogens with one attached hydrogen (secondary N) is 2. The maximum atomic E-state index is 12.1. The number of carbonyl (C=O) groups excluding carboxylic acids is 1. The van der Waals surface area contributed by atoms with Crippen molar-refractivity contribution in [2.75, 3.05) is 10.6 Å². The highest BCUT2D eigenvalue weighted by Crippen LogP contribution is 2.23. The summed E-state index contributed by atoms with van der Waals surface area (Å²) < 4.78 is 1.60. The molecule has 0 aliphatic heterocycles. The average molecular weight is 286 g/mol. The molecular weight excluding hydrogens is 264 g/mol. The van der Waals surface area contributed by atoms with E-state index in [0.29, 0.717) is 6.04 Å². The number of nitrogens with zero attached hydrogens (tertiary/aromatic N) is 2. The Kier molecular flexibility index (Phi) is 5.37. The Bertz CT molecular complexity index is 561. The Morgan fingerprint density at radius 1 is 1.19 bits per heavy atom. The number of hydrogen-bond acceptors (Lipinski definition) is 3. The normalized spacial score (nSPS) is 10.6. The molecule has 0 aliphatic carbocycles. The third-order valence-corrected chi connectivity index (χ3v) is 3.41. The SMILES string of the molecule is CCC(CC)Nc1ccccc1NC(=O)Cn1cccn1. The lowest BCUT2D eigenvalue weighted by molar-refractivity contribution is -0.116. The van der Waals surface area contributed by atoms with Crippen LogP contribution in [0.3, 0.4) is 0 Å². The molecular formula is C16H22N4O. The molecule has 1 amide bonds. The van der Waals surface area contributed by atoms with Gasteiger partial charge in [0.15, 0.2) is 0 Å². The first-order chi connectivity index (χ1) is 10.2. The molecule has 2 aromatic rings. The first kappa shape index (κ1) is 15.1. The zero-order valence-corrected chi connectivity index (χ0v) is 12.5. The molecule has 2 rings (SSSR count). The van der Waals surface area contributed by atoms with Crippen LogP contribution in [0.2, 0.25) is 0 Å². The summed E-state index contributed by atoms with van der Waals surface area (Å²) in [5.74, 6) is -0.0857. The average Bonchev–Trinajstić information content (AvgIpc) is 2.99. The molecule has 21 heavy (non-hydrogen) atoms. The summed E-state index contributed by atoms with van der Waals surface area (Å²) >= 11 is 0. The molecule has 1 aromatic carbocycles. The number of carbonyl (C=O) groups is 1. The van der Waals surface area contributed by atoms with Gasteiger partial charge in [-0.1, -0.05) is 26.0 Å². The second kappa shape index (κ2) is 7.47. The molecule has 5 nitrogen and oxygen atoms in total. The molecule has 2 N–H and O–H groups in total. The Balaban J connectivity index is 2.03. The molecule has 0 unspecified atom stereocenters. The van der Waals surface area contributed by atoms with E-state index in [1.54, 1.807) is 23.1 Å². The molecule has 1 heterocycles. The fourth-order valence-corrected chi connectivity index (χ4v) is 2.16. The fourth-order valence-electron chi connectivity index (χ4n) is 2.16. The van der Waals surface area contributed by atoms with Crippen molar-refractivity contribution in [2.24, 2.45) is 0 Å². The summed E-state index contributed by atoms with van der Waals surface area (Å²) in [6, 6.07) is 9.99. The van der Waals surface area contributed by atoms with Gasteiger partial charge in [0.1, 0.15) is 6.54 Å². The van der Waals surface area contributed by atoms with Gasteiger partial charge in [-0.3, -0.25) is 9.48 Å². The molecule has 0 saturated heterocycles. The number of rotatable bonds is 7. The van der Waals surface area contributed by atoms with Crippen LogP contribution in [0, 0.1) is 0 Å². The van der Waals surface area contributed by atoms with Crippen molar-refractivity contribution in [3.05, 3.63) is 42.7 Å². The minimum Gasteiger partial charge on any atom is -0.381 e. The summed E-state index contributed by atoms with van der Waals surface area (Å²) in [6.07, 6.45) is 5.53. The monoisotopic (exact) mass is 286 g/mol. The number of aromatic nitrogens is 2. The summed E-state index contributed by atoms with van der Waals surface area (Å²) in [4.78, 5) is 12.1. The van der Waals surface area contributed by atoms with Gasteiger partial charge in [-0.05, 0) is 31.0 Å². The zero-order valence-electron chi connectivity index (χ0n) is 12.5. The minimum absolute atomic E-state index is 0.0857. The van der Waals surface area contributed by atoms with Crippen molar-refractivity contribution in [3.8, 4) is 0 Å². The largest absolute Gasteiger partial charge is 0.381 e. The van der Waals surface area contributed by atoms with Crippen LogP contribution in [0.25, 0.3) is 0 Å². The van der Waals surface area contributed by atoms with Gasteiger partial charge in [0.2, 0.25) is 5.91 Å². The van der Waals surface area contributed by atoms with Crippen LogP contribution < -0.4 is 10.6 Å². The third kappa shape index (κ3) is 4.34. The first-order valence-corrected chi connectivity index (χ1v) is 7.35. The van der Waals surface area contributed by atoms with Crippen molar-refractivity contribution >= 4 is 17.3 Å². The quantitative estimate of drug-likeness (QED) is 0.822. The molecule has 0 radical (unpaired) electrons. The summed E-state index contributed by atoms with van der Waals surface area (Å²) in [5, 5.41) is 10.4. The van der Waals surface area contributed by atoms with E-state index in [0.717, 1.165) is 24.2 Å². The second-order valence-corrected chi connectivity index (χ2v) is 4.96. The van der Waals surface area contributed by atoms with Gasteiger partial charge in [0, 0.05) is 18.4 Å². The Labute approximate surface area is 125 Å². The molecule has 5 heteroatoms. The number of amides is 1. The minimum atomic E-state index is -0.0857. The lowest BCUT2D eigenvalue weighted by atomic mass is 10.1. The smallest absolute Gasteiger partial charge is 0.246 e. The van der Waals surface area contributed by atoms with Crippen LogP contribution in [0.15, 0.2) is 42.7 Å². The Hall–Kier alpha value is -2.30. The number of anilines is 2. The van der Waals surface area contributed by atoms with Gasteiger partial charge in [-0.2, -0.15) is 5.10 Å². The van der Waals surface area contributed by atoms with Gasteiger partial charge in [0.05, 0.1) is 11.4 Å². The van der Waals surface area contributed by atoms with E-state index in [9.17, 15) is 4.79 Å². The van der Waals surface area contributed by atoms with E-state index < -0.39 is 0 Å². The lowest BCUT2D eigenvalue weighted by Crippen LogP contribution is -2.22. The van der Waals surface area contributed by atoms with Crippen LogP contribution >= 0.6 is 0 Å². The van der Waals surface area contributed by atoms with Crippen LogP contribution in [-0.2, 0) is 11.3 Å². The molecule has 0 saturated carbocycles. The predicted octanol–water partition coefficient (Wildman–Crippen LogP) is 3.12. The Morgan fingerprint density at radius 2 is 1.90 bits per heavy atom. The van der Waals surface area contributed by atoms with Gasteiger partial charge in [-0.25, -0.2) is 0 Å². The molecule has 0 spiro atoms. The third-order valence-electron chi connectivity index (χ3n) is 3.41. The molecule has 0 atom stereocenters. The van der Waals surface area contributed by atoms with Crippen LogP contribution in [-0.4, -0.2) is 21.7 Å². The summed E-state index contributed by atoms with van der Waals surface area (Å²) in [5.41, 5.74) is 1.77. The van der Waals surface area contributed by atoms with E-state index >= 15 is 0 Å². The van der Waals surface area contributed by atoms with Gasteiger partial charge >= 0.3 is 0 Å². The van der Waals surface area contributed by atoms with Crippen molar-refractivity contribution in [1.82, 2.24) is 9.78 Å². The molecule has 1 aromatic heterocycles. The zero-order chi connectivity index (χ0) is 15.1. The van der Waals surface area contributed by atoms with Gasteiger partial charge in [0.25, 0.3) is 0 Å². The standard InChI is InChI=1S/C16H22N4O/c1-3-13(4-2)18-14-8-5-6-9-15(14)19-16(21)12-20-11-7-10-17-20/h5-11,13,18H,3-4,12H2,1-2H3,(H,19,21). The highest BCUT2D eigenvalue weighted by molar-refractivity contribution is 5.94. The summed E-state index contributed by atoms with van der Waals surface area (Å²) in [7, 11) is 0. The van der Waals surface area contributed by atoms with Crippen LogP contribution in [0.1, 0.15) is 26.7 Å². The molecule has 0 aliphatic rings. The maximum absolute atomic E-state index is 12.1. The number of hydrogen-bond donors (Lipinski definition) is 2. The highest BCUT2D eigenvalue weighted by Gasteiger charge is 2.10. The number of benzene rings is 1. The fraction of sp³-hybridized carbons (Fsp3) is 0.375. The van der Waals surface area contributed by atoms with E-state index in [4.69, 9.17) is 0 Å². The van der Waals surface area contributed by atoms with Gasteiger partial charge < -0.3 is 10.6 Å².